The van der Waals surface area contributed by atoms with Crippen molar-refractivity contribution in [2.45, 2.75) is 20.4 Å². The van der Waals surface area contributed by atoms with E-state index in [0.29, 0.717) is 11.8 Å². The van der Waals surface area contributed by atoms with Crippen molar-refractivity contribution >= 4 is 5.71 Å². The zero-order chi connectivity index (χ0) is 13.8. The van der Waals surface area contributed by atoms with E-state index in [1.807, 2.05) is 19.1 Å². The van der Waals surface area contributed by atoms with E-state index < -0.39 is 0 Å². The summed E-state index contributed by atoms with van der Waals surface area (Å²) >= 11 is 0. The van der Waals surface area contributed by atoms with Gasteiger partial charge in [-0.05, 0) is 5.56 Å². The maximum absolute atomic E-state index is 4.66. The van der Waals surface area contributed by atoms with Gasteiger partial charge in [0.15, 0.2) is 0 Å². The Kier molecular flexibility index (Phi) is 4.59. The van der Waals surface area contributed by atoms with E-state index in [2.05, 4.69) is 54.2 Å². The number of hydrazone groups is 1. The Hall–Kier alpha value is -1.35. The predicted molar refractivity (Wildman–Crippen MR) is 81.2 cm³/mol. The number of benzene rings is 1. The summed E-state index contributed by atoms with van der Waals surface area (Å²) in [5.74, 6) is 1.07. The first kappa shape index (κ1) is 14.1. The zero-order valence-electron chi connectivity index (χ0n) is 12.5. The molecule has 0 aromatic heterocycles. The van der Waals surface area contributed by atoms with Crippen molar-refractivity contribution in [2.75, 3.05) is 27.2 Å². The minimum Gasteiger partial charge on any atom is -0.303 e. The van der Waals surface area contributed by atoms with Crippen molar-refractivity contribution in [3.05, 3.63) is 35.9 Å². The van der Waals surface area contributed by atoms with E-state index in [9.17, 15) is 0 Å². The minimum absolute atomic E-state index is 0.537. The fourth-order valence-electron chi connectivity index (χ4n) is 2.92. The van der Waals surface area contributed by atoms with Crippen molar-refractivity contribution in [3.63, 3.8) is 0 Å². The summed E-state index contributed by atoms with van der Waals surface area (Å²) < 4.78 is 0. The Labute approximate surface area is 116 Å². The molecule has 0 spiro atoms. The van der Waals surface area contributed by atoms with Crippen LogP contribution < -0.4 is 0 Å². The molecule has 1 aliphatic heterocycles. The van der Waals surface area contributed by atoms with Gasteiger partial charge in [0.1, 0.15) is 0 Å². The van der Waals surface area contributed by atoms with Crippen LogP contribution in [-0.2, 0) is 6.54 Å². The summed E-state index contributed by atoms with van der Waals surface area (Å²) in [6.07, 6.45) is 0. The van der Waals surface area contributed by atoms with E-state index in [0.717, 1.165) is 19.6 Å². The van der Waals surface area contributed by atoms with Gasteiger partial charge in [0, 0.05) is 51.3 Å². The lowest BCUT2D eigenvalue weighted by Gasteiger charge is -2.36. The molecule has 0 unspecified atom stereocenters. The number of rotatable bonds is 3. The molecule has 2 rings (SSSR count). The molecular formula is C16H25N3. The van der Waals surface area contributed by atoms with Gasteiger partial charge in [-0.1, -0.05) is 44.2 Å². The number of nitrogens with zero attached hydrogens (tertiary/aromatic N) is 3. The average molecular weight is 259 g/mol. The average Bonchev–Trinajstić information content (AvgIpc) is 2.35. The molecule has 1 aromatic carbocycles. The summed E-state index contributed by atoms with van der Waals surface area (Å²) in [6, 6.07) is 10.7. The summed E-state index contributed by atoms with van der Waals surface area (Å²) in [4.78, 5) is 2.54. The van der Waals surface area contributed by atoms with Gasteiger partial charge in [0.2, 0.25) is 0 Å². The summed E-state index contributed by atoms with van der Waals surface area (Å²) in [5.41, 5.74) is 2.74. The SMILES string of the molecule is C[C@@H]1CN(Cc2ccccc2)C[C@H](C)C1=NN(C)C. The molecule has 1 fully saturated rings. The van der Waals surface area contributed by atoms with Crippen molar-refractivity contribution in [1.29, 1.82) is 0 Å². The van der Waals surface area contributed by atoms with Crippen LogP contribution in [0.2, 0.25) is 0 Å². The van der Waals surface area contributed by atoms with Gasteiger partial charge in [0.05, 0.1) is 0 Å². The number of likely N-dealkylation sites (tertiary alicyclic amines) is 1. The largest absolute Gasteiger partial charge is 0.303 e. The lowest BCUT2D eigenvalue weighted by atomic mass is 9.89. The van der Waals surface area contributed by atoms with Gasteiger partial charge in [0.25, 0.3) is 0 Å². The van der Waals surface area contributed by atoms with Gasteiger partial charge in [-0.25, -0.2) is 0 Å². The second kappa shape index (κ2) is 6.20. The van der Waals surface area contributed by atoms with Crippen LogP contribution in [0.5, 0.6) is 0 Å². The van der Waals surface area contributed by atoms with E-state index >= 15 is 0 Å². The lowest BCUT2D eigenvalue weighted by molar-refractivity contribution is 0.207. The number of piperidine rings is 1. The van der Waals surface area contributed by atoms with Crippen LogP contribution in [0.15, 0.2) is 35.4 Å². The fraction of sp³-hybridized carbons (Fsp3) is 0.562. The molecule has 2 atom stereocenters. The lowest BCUT2D eigenvalue weighted by Crippen LogP contribution is -2.45. The molecule has 0 bridgehead atoms. The Morgan fingerprint density at radius 2 is 1.68 bits per heavy atom. The molecule has 104 valence electrons. The monoisotopic (exact) mass is 259 g/mol. The highest BCUT2D eigenvalue weighted by atomic mass is 15.4. The van der Waals surface area contributed by atoms with Crippen molar-refractivity contribution in [2.24, 2.45) is 16.9 Å². The van der Waals surface area contributed by atoms with Crippen LogP contribution in [0.4, 0.5) is 0 Å². The third kappa shape index (κ3) is 3.80. The third-order valence-electron chi connectivity index (χ3n) is 3.64. The van der Waals surface area contributed by atoms with Crippen LogP contribution in [0, 0.1) is 11.8 Å². The standard InChI is InChI=1S/C16H25N3/c1-13-10-19(12-15-8-6-5-7-9-15)11-14(2)16(13)17-18(3)4/h5-9,13-14H,10-12H2,1-4H3/t13-,14+. The molecule has 19 heavy (non-hydrogen) atoms. The highest BCUT2D eigenvalue weighted by Crippen LogP contribution is 2.21. The van der Waals surface area contributed by atoms with Crippen LogP contribution in [0.25, 0.3) is 0 Å². The predicted octanol–water partition coefficient (Wildman–Crippen LogP) is 2.69. The van der Waals surface area contributed by atoms with Gasteiger partial charge >= 0.3 is 0 Å². The molecule has 1 aromatic rings. The highest BCUT2D eigenvalue weighted by molar-refractivity contribution is 5.89. The molecule has 0 aliphatic carbocycles. The Morgan fingerprint density at radius 1 is 1.11 bits per heavy atom. The van der Waals surface area contributed by atoms with Gasteiger partial charge in [-0.15, -0.1) is 0 Å². The van der Waals surface area contributed by atoms with E-state index in [1.54, 1.807) is 0 Å². The first-order valence-corrected chi connectivity index (χ1v) is 7.08. The quantitative estimate of drug-likeness (QED) is 0.777. The van der Waals surface area contributed by atoms with Crippen molar-refractivity contribution in [1.82, 2.24) is 9.91 Å². The molecule has 0 N–H and O–H groups in total. The van der Waals surface area contributed by atoms with Gasteiger partial charge < -0.3 is 5.01 Å². The maximum atomic E-state index is 4.66. The van der Waals surface area contributed by atoms with Crippen LogP contribution >= 0.6 is 0 Å². The Bertz CT molecular complexity index is 411. The Morgan fingerprint density at radius 3 is 2.21 bits per heavy atom. The second-order valence-electron chi connectivity index (χ2n) is 5.85. The molecular weight excluding hydrogens is 234 g/mol. The van der Waals surface area contributed by atoms with E-state index in [-0.39, 0.29) is 0 Å². The van der Waals surface area contributed by atoms with Crippen LogP contribution in [0.3, 0.4) is 0 Å². The Balaban J connectivity index is 2.01. The first-order valence-electron chi connectivity index (χ1n) is 7.08. The summed E-state index contributed by atoms with van der Waals surface area (Å²) in [7, 11) is 4.01. The minimum atomic E-state index is 0.537. The smallest absolute Gasteiger partial charge is 0.0462 e. The van der Waals surface area contributed by atoms with E-state index in [4.69, 9.17) is 0 Å². The first-order chi connectivity index (χ1) is 9.06. The molecule has 1 aliphatic rings. The maximum Gasteiger partial charge on any atom is 0.0462 e. The number of hydrogen-bond donors (Lipinski definition) is 0. The van der Waals surface area contributed by atoms with Crippen LogP contribution in [-0.4, -0.2) is 42.8 Å². The molecule has 0 saturated carbocycles. The molecule has 0 amide bonds. The summed E-state index contributed by atoms with van der Waals surface area (Å²) in [6.45, 7) is 7.83. The highest BCUT2D eigenvalue weighted by Gasteiger charge is 2.28. The second-order valence-corrected chi connectivity index (χ2v) is 5.85. The molecule has 0 radical (unpaired) electrons. The normalized spacial score (nSPS) is 26.6. The van der Waals surface area contributed by atoms with Gasteiger partial charge in [-0.2, -0.15) is 5.10 Å². The molecule has 1 saturated heterocycles. The van der Waals surface area contributed by atoms with Gasteiger partial charge in [-0.3, -0.25) is 4.90 Å². The van der Waals surface area contributed by atoms with Crippen LogP contribution in [0.1, 0.15) is 19.4 Å². The summed E-state index contributed by atoms with van der Waals surface area (Å²) in [5, 5.41) is 6.59. The molecule has 3 heteroatoms. The van der Waals surface area contributed by atoms with Crippen molar-refractivity contribution in [3.8, 4) is 0 Å². The van der Waals surface area contributed by atoms with E-state index in [1.165, 1.54) is 11.3 Å². The third-order valence-corrected chi connectivity index (χ3v) is 3.64. The number of hydrogen-bond acceptors (Lipinski definition) is 3. The molecule has 3 nitrogen and oxygen atoms in total. The van der Waals surface area contributed by atoms with Crippen molar-refractivity contribution < 1.29 is 0 Å². The topological polar surface area (TPSA) is 18.8 Å². The fourth-order valence-corrected chi connectivity index (χ4v) is 2.92. The zero-order valence-corrected chi connectivity index (χ0v) is 12.5. The molecule has 1 heterocycles.